The molecule has 0 aromatic rings. The predicted molar refractivity (Wildman–Crippen MR) is 75.8 cm³/mol. The van der Waals surface area contributed by atoms with Crippen LogP contribution in [0, 0.1) is 0 Å². The topological polar surface area (TPSA) is 32.8 Å². The van der Waals surface area contributed by atoms with Crippen molar-refractivity contribution < 1.29 is 9.53 Å². The van der Waals surface area contributed by atoms with Crippen molar-refractivity contribution in [1.82, 2.24) is 9.80 Å². The third-order valence-electron chi connectivity index (χ3n) is 2.92. The summed E-state index contributed by atoms with van der Waals surface area (Å²) in [4.78, 5) is 16.0. The molecule has 0 spiro atoms. The molecule has 0 radical (unpaired) electrons. The summed E-state index contributed by atoms with van der Waals surface area (Å²) in [7, 11) is 2.15. The lowest BCUT2D eigenvalue weighted by Crippen LogP contribution is -2.44. The first-order valence-electron chi connectivity index (χ1n) is 7.29. The lowest BCUT2D eigenvalue weighted by atomic mass is 10.2. The Morgan fingerprint density at radius 1 is 1.17 bits per heavy atom. The highest BCUT2D eigenvalue weighted by molar-refractivity contribution is 5.69. The summed E-state index contributed by atoms with van der Waals surface area (Å²) in [6, 6.07) is 0. The van der Waals surface area contributed by atoms with Gasteiger partial charge in [0.05, 0.1) is 6.61 Å². The highest BCUT2D eigenvalue weighted by Gasteiger charge is 2.13. The average Bonchev–Trinajstić information content (AvgIpc) is 2.41. The van der Waals surface area contributed by atoms with E-state index in [4.69, 9.17) is 4.74 Å². The summed E-state index contributed by atoms with van der Waals surface area (Å²) in [6.07, 6.45) is 2.39. The Kier molecular flexibility index (Phi) is 11.1. The maximum atomic E-state index is 11.2. The minimum absolute atomic E-state index is 0.0454. The zero-order valence-electron chi connectivity index (χ0n) is 12.6. The molecule has 1 aliphatic heterocycles. The van der Waals surface area contributed by atoms with Crippen molar-refractivity contribution in [2.75, 3.05) is 46.4 Å². The zero-order chi connectivity index (χ0) is 13.8. The Labute approximate surface area is 112 Å². The van der Waals surface area contributed by atoms with Crippen LogP contribution in [0.5, 0.6) is 0 Å². The van der Waals surface area contributed by atoms with Crippen molar-refractivity contribution in [3.05, 3.63) is 0 Å². The van der Waals surface area contributed by atoms with Gasteiger partial charge in [0.2, 0.25) is 0 Å². The second-order valence-electron chi connectivity index (χ2n) is 4.47. The Bertz CT molecular complexity index is 202. The summed E-state index contributed by atoms with van der Waals surface area (Å²) in [5.41, 5.74) is 0. The minimum atomic E-state index is -0.0454. The van der Waals surface area contributed by atoms with E-state index < -0.39 is 0 Å². The van der Waals surface area contributed by atoms with E-state index in [1.165, 1.54) is 0 Å². The zero-order valence-corrected chi connectivity index (χ0v) is 12.6. The monoisotopic (exact) mass is 258 g/mol. The number of nitrogens with zero attached hydrogens (tertiary/aromatic N) is 2. The number of carbonyl (C=O) groups excluding carboxylic acids is 1. The largest absolute Gasteiger partial charge is 0.466 e. The van der Waals surface area contributed by atoms with Gasteiger partial charge < -0.3 is 14.5 Å². The second-order valence-corrected chi connectivity index (χ2v) is 4.47. The Balaban J connectivity index is 0.00000137. The van der Waals surface area contributed by atoms with Crippen LogP contribution in [0.3, 0.4) is 0 Å². The molecule has 0 aromatic carbocycles. The highest BCUT2D eigenvalue weighted by atomic mass is 16.5. The standard InChI is InChI=1S/C12H24N2O2.C2H6/c1-3-11-16-12(15)5-4-6-14-9-7-13(2)8-10-14;1-2/h3-11H2,1-2H3;1-2H3. The lowest BCUT2D eigenvalue weighted by molar-refractivity contribution is -0.143. The molecule has 18 heavy (non-hydrogen) atoms. The van der Waals surface area contributed by atoms with Crippen molar-refractivity contribution in [2.45, 2.75) is 40.0 Å². The molecule has 4 heteroatoms. The molecule has 0 saturated carbocycles. The molecule has 0 aliphatic carbocycles. The van der Waals surface area contributed by atoms with E-state index in [1.54, 1.807) is 0 Å². The van der Waals surface area contributed by atoms with E-state index in [0.717, 1.165) is 45.6 Å². The van der Waals surface area contributed by atoms with Crippen LogP contribution < -0.4 is 0 Å². The molecule has 1 rings (SSSR count). The van der Waals surface area contributed by atoms with Crippen molar-refractivity contribution in [2.24, 2.45) is 0 Å². The van der Waals surface area contributed by atoms with E-state index in [0.29, 0.717) is 13.0 Å². The first-order chi connectivity index (χ1) is 8.72. The van der Waals surface area contributed by atoms with Gasteiger partial charge in [-0.05, 0) is 26.4 Å². The minimum Gasteiger partial charge on any atom is -0.466 e. The molecule has 1 heterocycles. The Morgan fingerprint density at radius 3 is 2.33 bits per heavy atom. The lowest BCUT2D eigenvalue weighted by Gasteiger charge is -2.32. The number of likely N-dealkylation sites (N-methyl/N-ethyl adjacent to an activating group) is 1. The van der Waals surface area contributed by atoms with Gasteiger partial charge in [-0.25, -0.2) is 0 Å². The molecule has 0 atom stereocenters. The van der Waals surface area contributed by atoms with Crippen LogP contribution in [0.1, 0.15) is 40.0 Å². The van der Waals surface area contributed by atoms with Crippen LogP contribution in [-0.2, 0) is 9.53 Å². The number of ether oxygens (including phenoxy) is 1. The molecule has 1 saturated heterocycles. The summed E-state index contributed by atoms with van der Waals surface area (Å²) >= 11 is 0. The van der Waals surface area contributed by atoms with Crippen LogP contribution in [-0.4, -0.2) is 62.1 Å². The van der Waals surface area contributed by atoms with E-state index in [2.05, 4.69) is 16.8 Å². The molecule has 1 fully saturated rings. The normalized spacial score (nSPS) is 16.9. The number of esters is 1. The number of hydrogen-bond donors (Lipinski definition) is 0. The predicted octanol–water partition coefficient (Wildman–Crippen LogP) is 1.99. The van der Waals surface area contributed by atoms with E-state index in [9.17, 15) is 4.79 Å². The van der Waals surface area contributed by atoms with Crippen LogP contribution in [0.15, 0.2) is 0 Å². The van der Waals surface area contributed by atoms with Gasteiger partial charge in [0.1, 0.15) is 0 Å². The molecule has 0 N–H and O–H groups in total. The summed E-state index contributed by atoms with van der Waals surface area (Å²) in [5.74, 6) is -0.0454. The van der Waals surface area contributed by atoms with Gasteiger partial charge in [-0.2, -0.15) is 0 Å². The summed E-state index contributed by atoms with van der Waals surface area (Å²) in [6.45, 7) is 12.1. The number of hydrogen-bond acceptors (Lipinski definition) is 4. The van der Waals surface area contributed by atoms with Gasteiger partial charge >= 0.3 is 5.97 Å². The molecule has 1 aliphatic rings. The second kappa shape index (κ2) is 11.5. The maximum absolute atomic E-state index is 11.2. The number of rotatable bonds is 6. The van der Waals surface area contributed by atoms with Crippen molar-refractivity contribution in [1.29, 1.82) is 0 Å². The van der Waals surface area contributed by atoms with Crippen molar-refractivity contribution in [3.8, 4) is 0 Å². The number of carbonyl (C=O) groups is 1. The van der Waals surface area contributed by atoms with E-state index in [-0.39, 0.29) is 5.97 Å². The van der Waals surface area contributed by atoms with Crippen LogP contribution in [0.2, 0.25) is 0 Å². The fourth-order valence-electron chi connectivity index (χ4n) is 1.81. The Hall–Kier alpha value is -0.610. The van der Waals surface area contributed by atoms with E-state index >= 15 is 0 Å². The average molecular weight is 258 g/mol. The summed E-state index contributed by atoms with van der Waals surface area (Å²) in [5, 5.41) is 0. The van der Waals surface area contributed by atoms with Gasteiger partial charge in [-0.1, -0.05) is 20.8 Å². The molecular formula is C14H30N2O2. The van der Waals surface area contributed by atoms with Crippen molar-refractivity contribution >= 4 is 5.97 Å². The first-order valence-corrected chi connectivity index (χ1v) is 7.29. The third kappa shape index (κ3) is 8.48. The van der Waals surface area contributed by atoms with Gasteiger partial charge in [-0.3, -0.25) is 4.79 Å². The van der Waals surface area contributed by atoms with Gasteiger partial charge in [-0.15, -0.1) is 0 Å². The SMILES string of the molecule is CC.CCCOC(=O)CCCN1CCN(C)CC1. The smallest absolute Gasteiger partial charge is 0.305 e. The Morgan fingerprint density at radius 2 is 1.78 bits per heavy atom. The van der Waals surface area contributed by atoms with Crippen LogP contribution >= 0.6 is 0 Å². The third-order valence-corrected chi connectivity index (χ3v) is 2.92. The van der Waals surface area contributed by atoms with Crippen LogP contribution in [0.4, 0.5) is 0 Å². The van der Waals surface area contributed by atoms with Gasteiger partial charge in [0.15, 0.2) is 0 Å². The molecule has 108 valence electrons. The highest BCUT2D eigenvalue weighted by Crippen LogP contribution is 2.02. The first kappa shape index (κ1) is 17.4. The van der Waals surface area contributed by atoms with Gasteiger partial charge in [0, 0.05) is 32.6 Å². The van der Waals surface area contributed by atoms with E-state index in [1.807, 2.05) is 20.8 Å². The maximum Gasteiger partial charge on any atom is 0.305 e. The van der Waals surface area contributed by atoms with Crippen molar-refractivity contribution in [3.63, 3.8) is 0 Å². The fraction of sp³-hybridized carbons (Fsp3) is 0.929. The molecule has 0 unspecified atom stereocenters. The molecule has 4 nitrogen and oxygen atoms in total. The molecule has 0 aromatic heterocycles. The molecule has 0 bridgehead atoms. The summed E-state index contributed by atoms with van der Waals surface area (Å²) < 4.78 is 5.03. The van der Waals surface area contributed by atoms with Gasteiger partial charge in [0.25, 0.3) is 0 Å². The quantitative estimate of drug-likeness (QED) is 0.682. The fourth-order valence-corrected chi connectivity index (χ4v) is 1.81. The molecular weight excluding hydrogens is 228 g/mol. The number of piperazine rings is 1. The molecule has 0 amide bonds. The van der Waals surface area contributed by atoms with Crippen LogP contribution in [0.25, 0.3) is 0 Å².